The van der Waals surface area contributed by atoms with E-state index in [0.717, 1.165) is 24.3 Å². The summed E-state index contributed by atoms with van der Waals surface area (Å²) in [6, 6.07) is 0. The summed E-state index contributed by atoms with van der Waals surface area (Å²) < 4.78 is 0. The Kier molecular flexibility index (Phi) is 5.77. The van der Waals surface area contributed by atoms with Crippen LogP contribution in [0, 0.1) is 17.8 Å². The van der Waals surface area contributed by atoms with Crippen molar-refractivity contribution in [1.29, 1.82) is 0 Å². The van der Waals surface area contributed by atoms with Gasteiger partial charge in [0.1, 0.15) is 6.54 Å². The predicted octanol–water partition coefficient (Wildman–Crippen LogP) is -1.30. The highest BCUT2D eigenvalue weighted by molar-refractivity contribution is 5.38. The summed E-state index contributed by atoms with van der Waals surface area (Å²) in [5, 5.41) is 0. The fourth-order valence-corrected chi connectivity index (χ4v) is 3.48. The summed E-state index contributed by atoms with van der Waals surface area (Å²) in [5.41, 5.74) is 1.74. The molecule has 0 aromatic rings. The van der Waals surface area contributed by atoms with Crippen molar-refractivity contribution in [2.75, 3.05) is 6.54 Å². The number of nitrogens with one attached hydrogen (secondary N) is 1. The van der Waals surface area contributed by atoms with Crippen LogP contribution in [-0.2, 0) is 0 Å². The van der Waals surface area contributed by atoms with Crippen molar-refractivity contribution in [3.05, 3.63) is 18.2 Å². The van der Waals surface area contributed by atoms with Gasteiger partial charge in [-0.1, -0.05) is 11.6 Å². The van der Waals surface area contributed by atoms with Gasteiger partial charge in [-0.2, -0.15) is 0 Å². The first-order valence-corrected chi connectivity index (χ1v) is 6.25. The van der Waals surface area contributed by atoms with E-state index in [1.165, 1.54) is 32.1 Å². The fraction of sp³-hybridized carbons (Fsp3) is 0.714. The van der Waals surface area contributed by atoms with Crippen LogP contribution in [0.5, 0.6) is 0 Å². The average molecular weight is 331 g/mol. The van der Waals surface area contributed by atoms with E-state index in [1.807, 2.05) is 0 Å². The van der Waals surface area contributed by atoms with E-state index in [0.29, 0.717) is 0 Å². The first kappa shape index (κ1) is 14.0. The van der Waals surface area contributed by atoms with Gasteiger partial charge in [0.25, 0.3) is 0 Å². The van der Waals surface area contributed by atoms with Crippen LogP contribution in [-0.4, -0.2) is 12.4 Å². The minimum Gasteiger partial charge on any atom is -1.00 e. The van der Waals surface area contributed by atoms with E-state index in [-0.39, 0.29) is 24.0 Å². The molecule has 0 aliphatic heterocycles. The maximum Gasteiger partial charge on any atom is 0.157 e. The number of halogens is 1. The molecule has 3 atom stereocenters. The second-order valence-corrected chi connectivity index (χ2v) is 5.00. The molecule has 0 saturated heterocycles. The number of allylic oxidation sites excluding steroid dienone is 2. The second-order valence-electron chi connectivity index (χ2n) is 5.00. The van der Waals surface area contributed by atoms with Crippen LogP contribution in [0.2, 0.25) is 0 Å². The zero-order chi connectivity index (χ0) is 10.7. The largest absolute Gasteiger partial charge is 1.00 e. The van der Waals surface area contributed by atoms with Gasteiger partial charge in [-0.15, -0.1) is 0 Å². The maximum atomic E-state index is 3.55. The highest BCUT2D eigenvalue weighted by Gasteiger charge is 2.41. The van der Waals surface area contributed by atoms with Crippen LogP contribution >= 0.6 is 0 Å². The van der Waals surface area contributed by atoms with Gasteiger partial charge in [-0.25, -0.2) is 4.99 Å². The van der Waals surface area contributed by atoms with Crippen molar-refractivity contribution >= 4 is 5.87 Å². The molecule has 3 unspecified atom stereocenters. The summed E-state index contributed by atoms with van der Waals surface area (Å²) >= 11 is 0. The molecule has 2 fully saturated rings. The van der Waals surface area contributed by atoms with Crippen molar-refractivity contribution in [2.45, 2.75) is 39.0 Å². The second kappa shape index (κ2) is 6.61. The van der Waals surface area contributed by atoms with E-state index in [4.69, 9.17) is 0 Å². The fourth-order valence-electron chi connectivity index (χ4n) is 3.48. The molecule has 0 aromatic heterocycles. The van der Waals surface area contributed by atoms with Gasteiger partial charge in [0.15, 0.2) is 5.87 Å². The zero-order valence-electron chi connectivity index (χ0n) is 10.1. The third-order valence-electron chi connectivity index (χ3n) is 4.24. The standard InChI is InChI=1S/C14H21N.HI/c1-3-11-8-14-10-13(11)9-12(14)6-5-7-15-4-2;/h3,12-14H,2,5-10H2,1H3;1H/b11-3+;. The molecular formula is C14H22IN. The molecule has 2 aliphatic carbocycles. The Morgan fingerprint density at radius 2 is 2.31 bits per heavy atom. The van der Waals surface area contributed by atoms with Crippen molar-refractivity contribution in [2.24, 2.45) is 17.8 Å². The van der Waals surface area contributed by atoms with E-state index < -0.39 is 0 Å². The Labute approximate surface area is 116 Å². The quantitative estimate of drug-likeness (QED) is 0.285. The van der Waals surface area contributed by atoms with Crippen molar-refractivity contribution in [3.63, 3.8) is 0 Å². The van der Waals surface area contributed by atoms with Gasteiger partial charge < -0.3 is 24.0 Å². The smallest absolute Gasteiger partial charge is 0.157 e. The van der Waals surface area contributed by atoms with E-state index >= 15 is 0 Å². The number of hydrogen-bond donors (Lipinski definition) is 1. The zero-order valence-corrected chi connectivity index (χ0v) is 12.3. The Morgan fingerprint density at radius 3 is 2.88 bits per heavy atom. The Bertz CT molecular complexity index is 302. The Balaban J connectivity index is 0.00000128. The molecular weight excluding hydrogens is 309 g/mol. The molecule has 16 heavy (non-hydrogen) atoms. The van der Waals surface area contributed by atoms with Crippen LogP contribution < -0.4 is 29.0 Å². The molecule has 2 heteroatoms. The lowest BCUT2D eigenvalue weighted by atomic mass is 9.83. The third kappa shape index (κ3) is 2.98. The normalized spacial score (nSPS) is 33.6. The van der Waals surface area contributed by atoms with Crippen LogP contribution in [0.4, 0.5) is 0 Å². The average Bonchev–Trinajstić information content (AvgIpc) is 2.83. The van der Waals surface area contributed by atoms with E-state index in [9.17, 15) is 0 Å². The maximum absolute atomic E-state index is 3.55. The minimum absolute atomic E-state index is 0. The monoisotopic (exact) mass is 331 g/mol. The molecule has 2 bridgehead atoms. The molecule has 0 amide bonds. The van der Waals surface area contributed by atoms with E-state index in [2.05, 4.69) is 30.4 Å². The van der Waals surface area contributed by atoms with Gasteiger partial charge in [0, 0.05) is 13.0 Å². The van der Waals surface area contributed by atoms with Crippen LogP contribution in [0.3, 0.4) is 0 Å². The lowest BCUT2D eigenvalue weighted by molar-refractivity contribution is -0.449. The number of rotatable bonds is 4. The summed E-state index contributed by atoms with van der Waals surface area (Å²) in [6.45, 7) is 6.80. The summed E-state index contributed by atoms with van der Waals surface area (Å²) in [4.78, 5) is 3.06. The van der Waals surface area contributed by atoms with Crippen molar-refractivity contribution in [1.82, 2.24) is 0 Å². The third-order valence-corrected chi connectivity index (χ3v) is 4.24. The molecule has 2 saturated carbocycles. The van der Waals surface area contributed by atoms with Crippen LogP contribution in [0.1, 0.15) is 39.0 Å². The highest BCUT2D eigenvalue weighted by Crippen LogP contribution is 2.52. The highest BCUT2D eigenvalue weighted by atomic mass is 127. The first-order valence-electron chi connectivity index (χ1n) is 6.25. The molecule has 90 valence electrons. The molecule has 2 aliphatic rings. The lowest BCUT2D eigenvalue weighted by Gasteiger charge is -2.22. The topological polar surface area (TPSA) is 14.0 Å². The van der Waals surface area contributed by atoms with Gasteiger partial charge in [0.2, 0.25) is 0 Å². The van der Waals surface area contributed by atoms with Gasteiger partial charge in [-0.05, 0) is 50.4 Å². The number of hydrogen-bond acceptors (Lipinski definition) is 0. The molecule has 0 heterocycles. The summed E-state index contributed by atoms with van der Waals surface area (Å²) in [7, 11) is 0. The molecule has 0 aromatic carbocycles. The first-order chi connectivity index (χ1) is 7.35. The van der Waals surface area contributed by atoms with Crippen LogP contribution in [0.25, 0.3) is 0 Å². The number of fused-ring (bicyclic) bond motifs is 2. The van der Waals surface area contributed by atoms with Gasteiger partial charge in [-0.3, -0.25) is 0 Å². The summed E-state index contributed by atoms with van der Waals surface area (Å²) in [6.07, 6.45) is 9.36. The Morgan fingerprint density at radius 1 is 1.50 bits per heavy atom. The predicted molar refractivity (Wildman–Crippen MR) is 63.8 cm³/mol. The van der Waals surface area contributed by atoms with Crippen molar-refractivity contribution < 1.29 is 29.0 Å². The van der Waals surface area contributed by atoms with Gasteiger partial charge >= 0.3 is 0 Å². The molecule has 0 spiro atoms. The molecule has 0 radical (unpaired) electrons. The SMILES string of the molecule is C=C=[NH+]CCCC1CC2CC1C/C2=C\C.[I-]. The van der Waals surface area contributed by atoms with Crippen molar-refractivity contribution in [3.8, 4) is 0 Å². The lowest BCUT2D eigenvalue weighted by Crippen LogP contribution is -3.00. The minimum atomic E-state index is 0. The molecule has 1 nitrogen and oxygen atoms in total. The van der Waals surface area contributed by atoms with Crippen LogP contribution in [0.15, 0.2) is 18.2 Å². The molecule has 2 rings (SSSR count). The van der Waals surface area contributed by atoms with Gasteiger partial charge in [0.05, 0.1) is 0 Å². The molecule has 1 N–H and O–H groups in total. The summed E-state index contributed by atoms with van der Waals surface area (Å²) in [5.74, 6) is 5.70. The Hall–Kier alpha value is -0.0800. The van der Waals surface area contributed by atoms with E-state index in [1.54, 1.807) is 5.57 Å².